The molecular weight excluding hydrogens is 472 g/mol. The first-order chi connectivity index (χ1) is 14.5. The first-order valence-electron chi connectivity index (χ1n) is 8.82. The minimum absolute atomic E-state index is 0.169. The second kappa shape index (κ2) is 8.30. The number of methoxy groups -OCH3 is 1. The molecule has 4 rings (SSSR count). The van der Waals surface area contributed by atoms with Gasteiger partial charge >= 0.3 is 5.97 Å². The molecule has 0 spiro atoms. The van der Waals surface area contributed by atoms with Crippen LogP contribution in [-0.4, -0.2) is 22.8 Å². The molecule has 6 nitrogen and oxygen atoms in total. The van der Waals surface area contributed by atoms with E-state index in [4.69, 9.17) is 21.2 Å². The molecule has 0 radical (unpaired) electrons. The van der Waals surface area contributed by atoms with E-state index < -0.39 is 11.5 Å². The van der Waals surface area contributed by atoms with Crippen molar-refractivity contribution >= 4 is 44.4 Å². The maximum atomic E-state index is 13.1. The van der Waals surface area contributed by atoms with Gasteiger partial charge < -0.3 is 9.57 Å². The Hall–Kier alpha value is -3.16. The molecule has 3 aromatic carbocycles. The second-order valence-corrected chi connectivity index (χ2v) is 7.58. The first kappa shape index (κ1) is 20.1. The predicted molar refractivity (Wildman–Crippen MR) is 118 cm³/mol. The van der Waals surface area contributed by atoms with Crippen molar-refractivity contribution in [1.29, 1.82) is 0 Å². The highest BCUT2D eigenvalue weighted by Gasteiger charge is 2.19. The number of carbonyl (C=O) groups excluding carboxylic acids is 1. The molecule has 4 aromatic rings. The summed E-state index contributed by atoms with van der Waals surface area (Å²) < 4.78 is 6.66. The zero-order chi connectivity index (χ0) is 21.3. The lowest BCUT2D eigenvalue weighted by molar-refractivity contribution is 0.0449. The summed E-state index contributed by atoms with van der Waals surface area (Å²) in [7, 11) is 1.52. The summed E-state index contributed by atoms with van der Waals surface area (Å²) in [5.41, 5.74) is 0.752. The van der Waals surface area contributed by atoms with Crippen LogP contribution in [0.5, 0.6) is 5.75 Å². The van der Waals surface area contributed by atoms with Crippen LogP contribution in [0.4, 0.5) is 0 Å². The summed E-state index contributed by atoms with van der Waals surface area (Å²) in [6, 6.07) is 18.4. The fraction of sp³-hybridized carbons (Fsp3) is 0.0455. The fourth-order valence-electron chi connectivity index (χ4n) is 2.94. The topological polar surface area (TPSA) is 70.4 Å². The molecule has 30 heavy (non-hydrogen) atoms. The Morgan fingerprint density at radius 1 is 1.07 bits per heavy atom. The van der Waals surface area contributed by atoms with Crippen molar-refractivity contribution in [3.8, 4) is 17.1 Å². The van der Waals surface area contributed by atoms with Crippen molar-refractivity contribution in [1.82, 2.24) is 9.71 Å². The average Bonchev–Trinajstić information content (AvgIpc) is 2.75. The Labute approximate surface area is 184 Å². The summed E-state index contributed by atoms with van der Waals surface area (Å²) in [6.45, 7) is 0. The van der Waals surface area contributed by atoms with Crippen LogP contribution in [0.1, 0.15) is 10.4 Å². The van der Waals surface area contributed by atoms with E-state index in [1.807, 2.05) is 0 Å². The van der Waals surface area contributed by atoms with E-state index in [2.05, 4.69) is 20.9 Å². The van der Waals surface area contributed by atoms with Crippen LogP contribution >= 0.6 is 27.5 Å². The van der Waals surface area contributed by atoms with Gasteiger partial charge in [0.25, 0.3) is 5.56 Å². The number of fused-ring (bicyclic) bond motifs is 1. The van der Waals surface area contributed by atoms with Crippen LogP contribution in [0.2, 0.25) is 5.02 Å². The van der Waals surface area contributed by atoms with E-state index in [0.717, 1.165) is 4.73 Å². The van der Waals surface area contributed by atoms with E-state index >= 15 is 0 Å². The number of aromatic nitrogens is 2. The Morgan fingerprint density at radius 2 is 1.87 bits per heavy atom. The van der Waals surface area contributed by atoms with Crippen molar-refractivity contribution in [2.75, 3.05) is 7.11 Å². The number of hydrogen-bond donors (Lipinski definition) is 0. The maximum absolute atomic E-state index is 13.1. The van der Waals surface area contributed by atoms with Gasteiger partial charge in [-0.3, -0.25) is 4.79 Å². The molecule has 0 aliphatic rings. The van der Waals surface area contributed by atoms with Crippen molar-refractivity contribution in [3.63, 3.8) is 0 Å². The number of rotatable bonds is 4. The summed E-state index contributed by atoms with van der Waals surface area (Å²) in [5, 5.41) is 0.791. The van der Waals surface area contributed by atoms with E-state index in [0.29, 0.717) is 31.7 Å². The summed E-state index contributed by atoms with van der Waals surface area (Å²) >= 11 is 9.45. The molecule has 0 atom stereocenters. The van der Waals surface area contributed by atoms with Gasteiger partial charge in [-0.05, 0) is 58.4 Å². The standard InChI is InChI=1S/C22H14BrClN2O4/c1-29-19-10-9-14(12-17(19)23)22(28)30-26-20(13-5-4-6-15(24)11-13)25-18-8-3-2-7-16(18)21(26)27/h2-12H,1H3. The third kappa shape index (κ3) is 3.81. The third-order valence-corrected chi connectivity index (χ3v) is 5.24. The normalized spacial score (nSPS) is 10.8. The first-order valence-corrected chi connectivity index (χ1v) is 9.99. The van der Waals surface area contributed by atoms with Gasteiger partial charge in [-0.15, -0.1) is 4.73 Å². The number of benzene rings is 3. The minimum Gasteiger partial charge on any atom is -0.496 e. The number of para-hydroxylation sites is 1. The van der Waals surface area contributed by atoms with Gasteiger partial charge in [0.05, 0.1) is 28.0 Å². The summed E-state index contributed by atoms with van der Waals surface area (Å²) in [4.78, 5) is 36.0. The van der Waals surface area contributed by atoms with Crippen molar-refractivity contribution in [2.45, 2.75) is 0 Å². The zero-order valence-corrected chi connectivity index (χ0v) is 18.0. The summed E-state index contributed by atoms with van der Waals surface area (Å²) in [6.07, 6.45) is 0. The molecule has 150 valence electrons. The fourth-order valence-corrected chi connectivity index (χ4v) is 3.67. The van der Waals surface area contributed by atoms with Crippen molar-refractivity contribution in [3.05, 3.63) is 92.1 Å². The molecule has 0 saturated carbocycles. The van der Waals surface area contributed by atoms with Gasteiger partial charge in [0.2, 0.25) is 0 Å². The van der Waals surface area contributed by atoms with Crippen molar-refractivity contribution < 1.29 is 14.4 Å². The van der Waals surface area contributed by atoms with Gasteiger partial charge in [-0.2, -0.15) is 0 Å². The molecule has 1 aromatic heterocycles. The number of carbonyl (C=O) groups is 1. The van der Waals surface area contributed by atoms with Gasteiger partial charge in [0.1, 0.15) is 5.75 Å². The number of halogens is 2. The SMILES string of the molecule is COc1ccc(C(=O)On2c(-c3cccc(Cl)c3)nc3ccccc3c2=O)cc1Br. The molecular formula is C22H14BrClN2O4. The van der Waals surface area contributed by atoms with Gasteiger partial charge in [-0.25, -0.2) is 9.78 Å². The molecule has 0 fully saturated rings. The molecule has 1 heterocycles. The highest BCUT2D eigenvalue weighted by molar-refractivity contribution is 9.10. The van der Waals surface area contributed by atoms with Crippen LogP contribution in [0, 0.1) is 0 Å². The van der Waals surface area contributed by atoms with Crippen LogP contribution in [0.3, 0.4) is 0 Å². The van der Waals surface area contributed by atoms with Gasteiger partial charge in [-0.1, -0.05) is 35.9 Å². The van der Waals surface area contributed by atoms with Crippen LogP contribution in [0.15, 0.2) is 76.0 Å². The van der Waals surface area contributed by atoms with Crippen LogP contribution in [-0.2, 0) is 0 Å². The molecule has 0 bridgehead atoms. The Balaban J connectivity index is 1.85. The van der Waals surface area contributed by atoms with Crippen LogP contribution in [0.25, 0.3) is 22.3 Å². The molecule has 0 N–H and O–H groups in total. The van der Waals surface area contributed by atoms with E-state index in [1.54, 1.807) is 66.7 Å². The monoisotopic (exact) mass is 484 g/mol. The smallest absolute Gasteiger partial charge is 0.363 e. The number of ether oxygens (including phenoxy) is 1. The summed E-state index contributed by atoms with van der Waals surface area (Å²) in [5.74, 6) is 0.0126. The Kier molecular flexibility index (Phi) is 5.57. The molecule has 0 unspecified atom stereocenters. The highest BCUT2D eigenvalue weighted by Crippen LogP contribution is 2.26. The van der Waals surface area contributed by atoms with Gasteiger partial charge in [0, 0.05) is 10.6 Å². The molecule has 0 aliphatic heterocycles. The number of nitrogens with zero attached hydrogens (tertiary/aromatic N) is 2. The van der Waals surface area contributed by atoms with Crippen LogP contribution < -0.4 is 15.1 Å². The molecule has 8 heteroatoms. The Morgan fingerprint density at radius 3 is 2.60 bits per heavy atom. The maximum Gasteiger partial charge on any atom is 0.363 e. The number of hydrogen-bond acceptors (Lipinski definition) is 5. The lowest BCUT2D eigenvalue weighted by Gasteiger charge is -2.13. The van der Waals surface area contributed by atoms with E-state index in [-0.39, 0.29) is 11.4 Å². The largest absolute Gasteiger partial charge is 0.496 e. The second-order valence-electron chi connectivity index (χ2n) is 6.29. The highest BCUT2D eigenvalue weighted by atomic mass is 79.9. The van der Waals surface area contributed by atoms with Crippen molar-refractivity contribution in [2.24, 2.45) is 0 Å². The molecule has 0 aliphatic carbocycles. The lowest BCUT2D eigenvalue weighted by atomic mass is 10.2. The quantitative estimate of drug-likeness (QED) is 0.417. The minimum atomic E-state index is -0.721. The van der Waals surface area contributed by atoms with Gasteiger partial charge in [0.15, 0.2) is 5.82 Å². The molecule has 0 amide bonds. The molecule has 0 saturated heterocycles. The van der Waals surface area contributed by atoms with E-state index in [9.17, 15) is 9.59 Å². The Bertz CT molecular complexity index is 1340. The average molecular weight is 486 g/mol. The predicted octanol–water partition coefficient (Wildman–Crippen LogP) is 4.76. The van der Waals surface area contributed by atoms with E-state index in [1.165, 1.54) is 7.11 Å². The third-order valence-electron chi connectivity index (χ3n) is 4.38. The zero-order valence-electron chi connectivity index (χ0n) is 15.6. The lowest BCUT2D eigenvalue weighted by Crippen LogP contribution is -2.33.